The van der Waals surface area contributed by atoms with Gasteiger partial charge in [-0.1, -0.05) is 60.7 Å². The first kappa shape index (κ1) is 30.5. The molecule has 11 heteroatoms. The summed E-state index contributed by atoms with van der Waals surface area (Å²) in [5.41, 5.74) is 8.82. The van der Waals surface area contributed by atoms with Gasteiger partial charge in [-0.3, -0.25) is 19.3 Å². The summed E-state index contributed by atoms with van der Waals surface area (Å²) in [4.78, 5) is 26.8. The Labute approximate surface area is 250 Å². The Morgan fingerprint density at radius 2 is 1.69 bits per heavy atom. The minimum absolute atomic E-state index is 0. The molecule has 0 bridgehead atoms. The summed E-state index contributed by atoms with van der Waals surface area (Å²) < 4.78 is 28.7. The molecule has 9 nitrogen and oxygen atoms in total. The second-order valence-corrected chi connectivity index (χ2v) is 11.8. The Kier molecular flexibility index (Phi) is 9.18. The molecule has 0 aliphatic carbocycles. The van der Waals surface area contributed by atoms with Crippen molar-refractivity contribution in [2.24, 2.45) is 5.73 Å². The lowest BCUT2D eigenvalue weighted by Gasteiger charge is -2.31. The maximum absolute atomic E-state index is 13.9. The molecule has 0 radical (unpaired) electrons. The summed E-state index contributed by atoms with van der Waals surface area (Å²) in [5.74, 6) is -1.34. The zero-order chi connectivity index (χ0) is 29.1. The number of halogens is 1. The molecule has 0 unspecified atom stereocenters. The Balaban J connectivity index is 0.00000405. The molecule has 0 fully saturated rings. The van der Waals surface area contributed by atoms with Crippen molar-refractivity contribution in [3.8, 4) is 0 Å². The highest BCUT2D eigenvalue weighted by Gasteiger charge is 2.30. The minimum atomic E-state index is -4.23. The van der Waals surface area contributed by atoms with Crippen molar-refractivity contribution < 1.29 is 23.1 Å². The third kappa shape index (κ3) is 6.24. The first-order chi connectivity index (χ1) is 19.6. The highest BCUT2D eigenvalue weighted by Crippen LogP contribution is 2.35. The van der Waals surface area contributed by atoms with Gasteiger partial charge in [0.05, 0.1) is 10.6 Å². The van der Waals surface area contributed by atoms with Gasteiger partial charge in [-0.15, -0.1) is 12.4 Å². The molecule has 5 rings (SSSR count). The minimum Gasteiger partial charge on any atom is -0.480 e. The van der Waals surface area contributed by atoms with Crippen LogP contribution in [0.5, 0.6) is 0 Å². The van der Waals surface area contributed by atoms with Crippen LogP contribution in [-0.4, -0.2) is 44.3 Å². The quantitative estimate of drug-likeness (QED) is 0.185. The number of rotatable bonds is 9. The normalized spacial score (nSPS) is 12.7. The summed E-state index contributed by atoms with van der Waals surface area (Å²) in [6.07, 6.45) is 2.14. The van der Waals surface area contributed by atoms with Gasteiger partial charge in [0.15, 0.2) is 0 Å². The van der Waals surface area contributed by atoms with Gasteiger partial charge in [0.2, 0.25) is 5.91 Å². The molecule has 1 amide bonds. The molecule has 0 saturated carbocycles. The number of amides is 1. The van der Waals surface area contributed by atoms with Crippen molar-refractivity contribution in [2.45, 2.75) is 30.6 Å². The number of aliphatic carboxylic acids is 1. The van der Waals surface area contributed by atoms with E-state index in [9.17, 15) is 23.1 Å². The van der Waals surface area contributed by atoms with Gasteiger partial charge in [-0.05, 0) is 60.0 Å². The summed E-state index contributed by atoms with van der Waals surface area (Å²) in [6.45, 7) is -0.197. The summed E-state index contributed by atoms with van der Waals surface area (Å²) in [5, 5.41) is 18.4. The first-order valence-corrected chi connectivity index (χ1v) is 14.7. The number of hydrogen-bond donors (Lipinski definition) is 3. The van der Waals surface area contributed by atoms with Crippen LogP contribution in [-0.2, 0) is 32.5 Å². The number of hydrogen-bond acceptors (Lipinski definition) is 5. The highest BCUT2D eigenvalue weighted by atomic mass is 35.5. The van der Waals surface area contributed by atoms with E-state index in [-0.39, 0.29) is 41.2 Å². The van der Waals surface area contributed by atoms with Crippen molar-refractivity contribution in [3.05, 3.63) is 102 Å². The van der Waals surface area contributed by atoms with Gasteiger partial charge >= 0.3 is 5.97 Å². The number of carboxylic acids is 1. The third-order valence-electron chi connectivity index (χ3n) is 7.26. The number of nitrogens with zero attached hydrogens (tertiary/aromatic N) is 2. The number of carbonyl (C=O) groups excluding carboxylic acids is 1. The number of benzene rings is 4. The van der Waals surface area contributed by atoms with Crippen LogP contribution in [0.4, 0.5) is 11.4 Å². The third-order valence-corrected chi connectivity index (χ3v) is 9.09. The van der Waals surface area contributed by atoms with Crippen molar-refractivity contribution in [1.82, 2.24) is 0 Å². The molecule has 42 heavy (non-hydrogen) atoms. The molecule has 0 saturated heterocycles. The van der Waals surface area contributed by atoms with Crippen LogP contribution < -0.4 is 14.9 Å². The van der Waals surface area contributed by atoms with E-state index in [1.54, 1.807) is 53.4 Å². The fourth-order valence-electron chi connectivity index (χ4n) is 5.21. The van der Waals surface area contributed by atoms with Gasteiger partial charge in [0.1, 0.15) is 12.4 Å². The second-order valence-electron chi connectivity index (χ2n) is 9.96. The topological polar surface area (TPSA) is 145 Å². The highest BCUT2D eigenvalue weighted by molar-refractivity contribution is 7.93. The largest absolute Gasteiger partial charge is 0.480 e. The van der Waals surface area contributed by atoms with E-state index in [0.29, 0.717) is 42.4 Å². The predicted octanol–water partition coefficient (Wildman–Crippen LogP) is 4.74. The van der Waals surface area contributed by atoms with Gasteiger partial charge in [0.25, 0.3) is 10.0 Å². The average molecular weight is 607 g/mol. The summed E-state index contributed by atoms with van der Waals surface area (Å²) in [6, 6.07) is 24.2. The maximum atomic E-state index is 13.9. The zero-order valence-electron chi connectivity index (χ0n) is 22.7. The number of carboxylic acid groups (broad SMARTS) is 1. The predicted molar refractivity (Wildman–Crippen MR) is 166 cm³/mol. The fourth-order valence-corrected chi connectivity index (χ4v) is 6.84. The monoisotopic (exact) mass is 606 g/mol. The molecular formula is C31H31ClN4O5S. The Morgan fingerprint density at radius 1 is 0.976 bits per heavy atom. The fraction of sp³-hybridized carbons (Fsp3) is 0.194. The van der Waals surface area contributed by atoms with Gasteiger partial charge < -0.3 is 15.7 Å². The van der Waals surface area contributed by atoms with E-state index >= 15 is 0 Å². The molecule has 1 aliphatic rings. The smallest absolute Gasteiger partial charge is 0.324 e. The van der Waals surface area contributed by atoms with Crippen LogP contribution in [0, 0.1) is 5.41 Å². The average Bonchev–Trinajstić information content (AvgIpc) is 2.97. The van der Waals surface area contributed by atoms with E-state index < -0.39 is 22.5 Å². The van der Waals surface area contributed by atoms with E-state index in [1.807, 2.05) is 30.3 Å². The lowest BCUT2D eigenvalue weighted by molar-refractivity contribution is -0.135. The van der Waals surface area contributed by atoms with Gasteiger partial charge in [0, 0.05) is 29.6 Å². The van der Waals surface area contributed by atoms with Crippen molar-refractivity contribution in [2.75, 3.05) is 22.3 Å². The molecule has 4 aromatic carbocycles. The molecule has 1 aliphatic heterocycles. The van der Waals surface area contributed by atoms with E-state index in [2.05, 4.69) is 0 Å². The number of nitrogen functional groups attached to an aromatic ring is 1. The van der Waals surface area contributed by atoms with Crippen LogP contribution in [0.2, 0.25) is 0 Å². The number of aryl methyl sites for hydroxylation is 2. The van der Waals surface area contributed by atoms with Crippen molar-refractivity contribution in [3.63, 3.8) is 0 Å². The standard InChI is InChI=1S/C31H30N4O5S.ClH/c32-31(33)23-13-10-21(11-14-23)12-17-29(36)34-18-4-7-24-19-25(15-16-27(24)34)35(20-30(37)38)41(39,40)28-9-3-6-22-5-1-2-8-26(22)28;/h1-3,5-6,8-11,13-16,19H,4,7,12,17-18,20H2,(H3,32,33)(H,37,38);1H. The molecule has 4 aromatic rings. The van der Waals surface area contributed by atoms with Crippen LogP contribution >= 0.6 is 12.4 Å². The Hall–Kier alpha value is -4.41. The zero-order valence-corrected chi connectivity index (χ0v) is 24.3. The number of fused-ring (bicyclic) bond motifs is 2. The van der Waals surface area contributed by atoms with Crippen LogP contribution in [0.1, 0.15) is 29.5 Å². The Bertz CT molecular complexity index is 1750. The molecule has 0 aromatic heterocycles. The van der Waals surface area contributed by atoms with Crippen LogP contribution in [0.3, 0.4) is 0 Å². The Morgan fingerprint density at radius 3 is 2.40 bits per heavy atom. The molecule has 4 N–H and O–H groups in total. The van der Waals surface area contributed by atoms with Crippen molar-refractivity contribution >= 4 is 62.3 Å². The number of carbonyl (C=O) groups is 2. The first-order valence-electron chi connectivity index (χ1n) is 13.2. The number of amidine groups is 1. The van der Waals surface area contributed by atoms with Gasteiger partial charge in [-0.2, -0.15) is 0 Å². The SMILES string of the molecule is Cl.N=C(N)c1ccc(CCC(=O)N2CCCc3cc(N(CC(=O)O)S(=O)(=O)c4cccc5ccccc45)ccc32)cc1. The number of anilines is 2. The number of nitrogens with two attached hydrogens (primary N) is 1. The van der Waals surface area contributed by atoms with E-state index in [4.69, 9.17) is 11.1 Å². The molecule has 218 valence electrons. The van der Waals surface area contributed by atoms with Gasteiger partial charge in [-0.25, -0.2) is 8.42 Å². The van der Waals surface area contributed by atoms with Crippen LogP contribution in [0.15, 0.2) is 89.8 Å². The van der Waals surface area contributed by atoms with E-state index in [0.717, 1.165) is 20.8 Å². The summed E-state index contributed by atoms with van der Waals surface area (Å²) >= 11 is 0. The lowest BCUT2D eigenvalue weighted by Crippen LogP contribution is -2.37. The molecule has 0 atom stereocenters. The van der Waals surface area contributed by atoms with E-state index in [1.165, 1.54) is 6.07 Å². The summed E-state index contributed by atoms with van der Waals surface area (Å²) in [7, 11) is -4.23. The molecule has 1 heterocycles. The second kappa shape index (κ2) is 12.6. The molecular weight excluding hydrogens is 576 g/mol. The maximum Gasteiger partial charge on any atom is 0.324 e. The number of sulfonamides is 1. The molecule has 0 spiro atoms. The number of nitrogens with one attached hydrogen (secondary N) is 1. The van der Waals surface area contributed by atoms with Crippen molar-refractivity contribution in [1.29, 1.82) is 5.41 Å². The lowest BCUT2D eigenvalue weighted by atomic mass is 9.99. The van der Waals surface area contributed by atoms with Crippen LogP contribution in [0.25, 0.3) is 10.8 Å².